The fourth-order valence-electron chi connectivity index (χ4n) is 4.27. The molecule has 0 radical (unpaired) electrons. The lowest BCUT2D eigenvalue weighted by Crippen LogP contribution is -2.38. The first-order valence-electron chi connectivity index (χ1n) is 12.1. The van der Waals surface area contributed by atoms with Gasteiger partial charge in [-0.2, -0.15) is 5.10 Å². The first-order valence-corrected chi connectivity index (χ1v) is 12.1. The topological polar surface area (TPSA) is 174 Å². The molecule has 1 aliphatic rings. The zero-order valence-corrected chi connectivity index (χ0v) is 22.3. The first-order chi connectivity index (χ1) is 18.8. The Morgan fingerprint density at radius 2 is 1.90 bits per heavy atom. The number of carbonyl (C=O) groups excluding carboxylic acids is 2. The van der Waals surface area contributed by atoms with Gasteiger partial charge in [0.05, 0.1) is 30.5 Å². The van der Waals surface area contributed by atoms with Gasteiger partial charge in [0, 0.05) is 60.0 Å². The third-order valence-corrected chi connectivity index (χ3v) is 6.29. The number of anilines is 2. The normalized spacial score (nSPS) is 13.7. The van der Waals surface area contributed by atoms with E-state index in [0.29, 0.717) is 30.9 Å². The molecular weight excluding hydrogens is 549 g/mol. The Balaban J connectivity index is 0.00000370. The summed E-state index contributed by atoms with van der Waals surface area (Å²) in [6, 6.07) is 2.39. The van der Waals surface area contributed by atoms with E-state index in [9.17, 15) is 14.0 Å². The second-order valence-corrected chi connectivity index (χ2v) is 8.86. The number of nitrogen functional groups attached to an aromatic ring is 2. The summed E-state index contributed by atoms with van der Waals surface area (Å²) in [7, 11) is 0. The Kier molecular flexibility index (Phi) is 8.82. The SMILES string of the molecule is CC(=O)c1cc(-c2ncc(-c3cnn(COC(=O)OCCN4CCOCC4)c3)c3onc(N)c23)c(F)cc1N.Cl. The lowest BCUT2D eigenvalue weighted by Gasteiger charge is -2.25. The van der Waals surface area contributed by atoms with Crippen molar-refractivity contribution in [3.05, 3.63) is 42.1 Å². The highest BCUT2D eigenvalue weighted by Crippen LogP contribution is 2.38. The standard InChI is InChI=1S/C25H26FN7O6.ClH/c1-14(34)16-8-17(19(26)9-20(16)27)22-21-23(39-31-24(21)28)18(11-29-22)15-10-30-33(12-15)13-38-25(35)37-7-4-32-2-5-36-6-3-32;/h8-12H,2-7,13,27H2,1H3,(H2,28,31);1H. The number of rotatable bonds is 8. The fraction of sp³-hybridized carbons (Fsp3) is 0.320. The van der Waals surface area contributed by atoms with Gasteiger partial charge in [0.2, 0.25) is 0 Å². The van der Waals surface area contributed by atoms with Crippen molar-refractivity contribution in [2.45, 2.75) is 13.7 Å². The summed E-state index contributed by atoms with van der Waals surface area (Å²) in [4.78, 5) is 30.5. The molecule has 0 amide bonds. The van der Waals surface area contributed by atoms with Crippen molar-refractivity contribution in [3.8, 4) is 22.4 Å². The van der Waals surface area contributed by atoms with E-state index in [2.05, 4.69) is 20.1 Å². The van der Waals surface area contributed by atoms with E-state index in [4.69, 9.17) is 30.2 Å². The lowest BCUT2D eigenvalue weighted by molar-refractivity contribution is 0.00697. The number of morpholine rings is 1. The molecule has 0 unspecified atom stereocenters. The molecule has 4 N–H and O–H groups in total. The number of nitrogens with two attached hydrogens (primary N) is 2. The van der Waals surface area contributed by atoms with Crippen molar-refractivity contribution in [1.29, 1.82) is 0 Å². The summed E-state index contributed by atoms with van der Waals surface area (Å²) < 4.78 is 37.3. The van der Waals surface area contributed by atoms with Crippen LogP contribution in [0.1, 0.15) is 17.3 Å². The second-order valence-electron chi connectivity index (χ2n) is 8.86. The zero-order chi connectivity index (χ0) is 27.5. The molecule has 0 spiro atoms. The molecule has 4 aromatic rings. The molecule has 3 aromatic heterocycles. The van der Waals surface area contributed by atoms with Crippen LogP contribution in [0.4, 0.5) is 20.7 Å². The maximum Gasteiger partial charge on any atom is 0.510 e. The molecule has 0 aliphatic carbocycles. The van der Waals surface area contributed by atoms with Gasteiger partial charge in [-0.3, -0.25) is 14.7 Å². The highest BCUT2D eigenvalue weighted by Gasteiger charge is 2.23. The van der Waals surface area contributed by atoms with Crippen LogP contribution in [0.5, 0.6) is 0 Å². The van der Waals surface area contributed by atoms with Gasteiger partial charge in [0.1, 0.15) is 12.4 Å². The molecule has 15 heteroatoms. The number of hydrogen-bond donors (Lipinski definition) is 2. The maximum absolute atomic E-state index is 14.9. The molecule has 0 bridgehead atoms. The highest BCUT2D eigenvalue weighted by molar-refractivity contribution is 6.06. The van der Waals surface area contributed by atoms with E-state index in [1.54, 1.807) is 6.20 Å². The van der Waals surface area contributed by atoms with Gasteiger partial charge in [-0.05, 0) is 19.1 Å². The number of benzene rings is 1. The summed E-state index contributed by atoms with van der Waals surface area (Å²) in [6.07, 6.45) is 3.76. The summed E-state index contributed by atoms with van der Waals surface area (Å²) >= 11 is 0. The van der Waals surface area contributed by atoms with E-state index in [-0.39, 0.29) is 70.8 Å². The lowest BCUT2D eigenvalue weighted by atomic mass is 9.99. The molecular formula is C25H27ClFN7O6. The van der Waals surface area contributed by atoms with Crippen LogP contribution in [-0.2, 0) is 20.9 Å². The summed E-state index contributed by atoms with van der Waals surface area (Å²) in [5.41, 5.74) is 13.5. The highest BCUT2D eigenvalue weighted by atomic mass is 35.5. The Labute approximate surface area is 233 Å². The zero-order valence-electron chi connectivity index (χ0n) is 21.5. The maximum atomic E-state index is 14.9. The molecule has 40 heavy (non-hydrogen) atoms. The average Bonchev–Trinajstić information content (AvgIpc) is 3.55. The van der Waals surface area contributed by atoms with Crippen molar-refractivity contribution in [1.82, 2.24) is 24.8 Å². The number of nitrogens with zero attached hydrogens (tertiary/aromatic N) is 5. The minimum Gasteiger partial charge on any atom is -0.433 e. The predicted octanol–water partition coefficient (Wildman–Crippen LogP) is 3.12. The van der Waals surface area contributed by atoms with E-state index in [0.717, 1.165) is 19.2 Å². The van der Waals surface area contributed by atoms with Crippen molar-refractivity contribution in [2.75, 3.05) is 50.9 Å². The largest absolute Gasteiger partial charge is 0.510 e. The second kappa shape index (κ2) is 12.3. The number of aromatic nitrogens is 4. The average molecular weight is 576 g/mol. The Bertz CT molecular complexity index is 1540. The van der Waals surface area contributed by atoms with Crippen molar-refractivity contribution < 1.29 is 32.7 Å². The van der Waals surface area contributed by atoms with Crippen LogP contribution in [0, 0.1) is 5.82 Å². The van der Waals surface area contributed by atoms with Crippen molar-refractivity contribution >= 4 is 46.8 Å². The van der Waals surface area contributed by atoms with Gasteiger partial charge in [-0.1, -0.05) is 5.16 Å². The molecule has 1 aromatic carbocycles. The summed E-state index contributed by atoms with van der Waals surface area (Å²) in [5, 5.41) is 8.29. The molecule has 4 heterocycles. The number of ketones is 1. The van der Waals surface area contributed by atoms with Gasteiger partial charge in [-0.25, -0.2) is 13.9 Å². The van der Waals surface area contributed by atoms with Crippen LogP contribution < -0.4 is 11.5 Å². The number of fused-ring (bicyclic) bond motifs is 1. The molecule has 5 rings (SSSR count). The number of carbonyl (C=O) groups is 2. The summed E-state index contributed by atoms with van der Waals surface area (Å²) in [6.45, 7) is 4.86. The Morgan fingerprint density at radius 1 is 1.12 bits per heavy atom. The third-order valence-electron chi connectivity index (χ3n) is 6.29. The number of ether oxygens (including phenoxy) is 3. The summed E-state index contributed by atoms with van der Waals surface area (Å²) in [5.74, 6) is -1.01. The third kappa shape index (κ3) is 5.98. The van der Waals surface area contributed by atoms with Crippen molar-refractivity contribution in [3.63, 3.8) is 0 Å². The Morgan fingerprint density at radius 3 is 2.65 bits per heavy atom. The van der Waals surface area contributed by atoms with Gasteiger partial charge < -0.3 is 30.2 Å². The van der Waals surface area contributed by atoms with E-state index < -0.39 is 12.0 Å². The van der Waals surface area contributed by atoms with Gasteiger partial charge in [-0.15, -0.1) is 12.4 Å². The first kappa shape index (κ1) is 28.7. The van der Waals surface area contributed by atoms with Crippen LogP contribution >= 0.6 is 12.4 Å². The van der Waals surface area contributed by atoms with Gasteiger partial charge in [0.15, 0.2) is 23.9 Å². The number of hydrogen-bond acceptors (Lipinski definition) is 12. The minimum absolute atomic E-state index is 0. The predicted molar refractivity (Wildman–Crippen MR) is 144 cm³/mol. The van der Waals surface area contributed by atoms with Crippen LogP contribution in [0.3, 0.4) is 0 Å². The van der Waals surface area contributed by atoms with E-state index in [1.807, 2.05) is 0 Å². The van der Waals surface area contributed by atoms with Crippen LogP contribution in [-0.4, -0.2) is 76.2 Å². The van der Waals surface area contributed by atoms with Crippen LogP contribution in [0.15, 0.2) is 35.2 Å². The smallest absolute Gasteiger partial charge is 0.433 e. The molecule has 1 fully saturated rings. The molecule has 212 valence electrons. The van der Waals surface area contributed by atoms with Crippen LogP contribution in [0.25, 0.3) is 33.4 Å². The molecule has 1 aliphatic heterocycles. The Hall–Kier alpha value is -4.27. The number of Topliss-reactive ketones (excluding diaryl/α,β-unsaturated/α-hetero) is 1. The molecule has 13 nitrogen and oxygen atoms in total. The number of halogens is 2. The quantitative estimate of drug-likeness (QED) is 0.179. The molecule has 0 atom stereocenters. The van der Waals surface area contributed by atoms with E-state index in [1.165, 1.54) is 30.1 Å². The number of pyridine rings is 1. The molecule has 1 saturated heterocycles. The minimum atomic E-state index is -0.813. The van der Waals surface area contributed by atoms with Gasteiger partial charge in [0.25, 0.3) is 0 Å². The van der Waals surface area contributed by atoms with Crippen molar-refractivity contribution in [2.24, 2.45) is 0 Å². The molecule has 0 saturated carbocycles. The van der Waals surface area contributed by atoms with Crippen LogP contribution in [0.2, 0.25) is 0 Å². The fourth-order valence-corrected chi connectivity index (χ4v) is 4.27. The van der Waals surface area contributed by atoms with E-state index >= 15 is 0 Å². The van der Waals surface area contributed by atoms with Gasteiger partial charge >= 0.3 is 6.16 Å². The monoisotopic (exact) mass is 575 g/mol.